The third-order valence-electron chi connectivity index (χ3n) is 3.09. The fourth-order valence-corrected chi connectivity index (χ4v) is 2.81. The van der Waals surface area contributed by atoms with Crippen molar-refractivity contribution >= 4 is 11.8 Å². The van der Waals surface area contributed by atoms with E-state index in [9.17, 15) is 0 Å². The van der Waals surface area contributed by atoms with Gasteiger partial charge in [0.15, 0.2) is 0 Å². The maximum atomic E-state index is 6.07. The number of nitrogens with two attached hydrogens (primary N) is 1. The zero-order chi connectivity index (χ0) is 12.1. The van der Waals surface area contributed by atoms with Gasteiger partial charge in [-0.1, -0.05) is 19.1 Å². The lowest BCUT2D eigenvalue weighted by Crippen LogP contribution is -2.23. The summed E-state index contributed by atoms with van der Waals surface area (Å²) in [5, 5.41) is 0. The molecule has 1 unspecified atom stereocenters. The first-order chi connectivity index (χ1) is 8.29. The molecule has 1 aliphatic heterocycles. The summed E-state index contributed by atoms with van der Waals surface area (Å²) in [6.07, 6.45) is 3.21. The summed E-state index contributed by atoms with van der Waals surface area (Å²) in [4.78, 5) is 0. The zero-order valence-corrected chi connectivity index (χ0v) is 11.3. The molecule has 0 aromatic heterocycles. The maximum absolute atomic E-state index is 6.07. The maximum Gasteiger partial charge on any atom is 0.122 e. The highest BCUT2D eigenvalue weighted by atomic mass is 32.2. The first-order valence-electron chi connectivity index (χ1n) is 6.37. The molecule has 17 heavy (non-hydrogen) atoms. The number of aryl methyl sites for hydroxylation is 1. The molecule has 0 saturated heterocycles. The lowest BCUT2D eigenvalue weighted by atomic mass is 10.0. The normalized spacial score (nSPS) is 15.4. The van der Waals surface area contributed by atoms with Gasteiger partial charge in [-0.3, -0.25) is 0 Å². The number of thioether (sulfide) groups is 1. The molecule has 2 N–H and O–H groups in total. The fraction of sp³-hybridized carbons (Fsp3) is 0.571. The number of fused-ring (bicyclic) bond motifs is 1. The van der Waals surface area contributed by atoms with Gasteiger partial charge in [0.1, 0.15) is 5.75 Å². The van der Waals surface area contributed by atoms with Crippen molar-refractivity contribution in [2.75, 3.05) is 18.1 Å². The van der Waals surface area contributed by atoms with Crippen molar-refractivity contribution in [3.05, 3.63) is 29.3 Å². The third-order valence-corrected chi connectivity index (χ3v) is 4.17. The van der Waals surface area contributed by atoms with Crippen molar-refractivity contribution in [2.24, 2.45) is 5.73 Å². The summed E-state index contributed by atoms with van der Waals surface area (Å²) in [5.41, 5.74) is 8.83. The van der Waals surface area contributed by atoms with Crippen LogP contribution in [0.1, 0.15) is 24.5 Å². The van der Waals surface area contributed by atoms with E-state index < -0.39 is 0 Å². The highest BCUT2D eigenvalue weighted by molar-refractivity contribution is 7.99. The van der Waals surface area contributed by atoms with Crippen LogP contribution in [0.25, 0.3) is 0 Å². The second-order valence-corrected chi connectivity index (χ2v) is 5.82. The molecular weight excluding hydrogens is 230 g/mol. The molecule has 3 heteroatoms. The molecule has 2 nitrogen and oxygen atoms in total. The smallest absolute Gasteiger partial charge is 0.122 e. The lowest BCUT2D eigenvalue weighted by molar-refractivity contribution is 0.357. The molecule has 0 amide bonds. The number of rotatable bonds is 6. The minimum Gasteiger partial charge on any atom is -0.493 e. The van der Waals surface area contributed by atoms with Crippen LogP contribution in [0, 0.1) is 0 Å². The highest BCUT2D eigenvalue weighted by Crippen LogP contribution is 2.26. The van der Waals surface area contributed by atoms with Crippen molar-refractivity contribution in [2.45, 2.75) is 32.2 Å². The topological polar surface area (TPSA) is 35.2 Å². The SMILES string of the molecule is CCSCC(N)CCc1ccc2c(c1)CCO2. The molecule has 1 aromatic rings. The number of ether oxygens (including phenoxy) is 1. The van der Waals surface area contributed by atoms with E-state index in [1.807, 2.05) is 11.8 Å². The van der Waals surface area contributed by atoms with Crippen LogP contribution in [0.4, 0.5) is 0 Å². The van der Waals surface area contributed by atoms with Gasteiger partial charge < -0.3 is 10.5 Å². The van der Waals surface area contributed by atoms with Crippen LogP contribution in [0.15, 0.2) is 18.2 Å². The van der Waals surface area contributed by atoms with Crippen LogP contribution >= 0.6 is 11.8 Å². The van der Waals surface area contributed by atoms with E-state index in [0.29, 0.717) is 6.04 Å². The van der Waals surface area contributed by atoms with E-state index in [4.69, 9.17) is 10.5 Å². The fourth-order valence-electron chi connectivity index (χ4n) is 2.10. The van der Waals surface area contributed by atoms with E-state index in [0.717, 1.165) is 43.1 Å². The quantitative estimate of drug-likeness (QED) is 0.844. The van der Waals surface area contributed by atoms with Gasteiger partial charge in [0.2, 0.25) is 0 Å². The Morgan fingerprint density at radius 3 is 3.18 bits per heavy atom. The molecule has 0 fully saturated rings. The Bertz CT molecular complexity index is 367. The molecule has 0 bridgehead atoms. The Morgan fingerprint density at radius 1 is 1.47 bits per heavy atom. The minimum atomic E-state index is 0.324. The summed E-state index contributed by atoms with van der Waals surface area (Å²) in [6, 6.07) is 6.87. The Labute approximate surface area is 108 Å². The van der Waals surface area contributed by atoms with Crippen molar-refractivity contribution in [3.8, 4) is 5.75 Å². The Balaban J connectivity index is 1.83. The largest absolute Gasteiger partial charge is 0.493 e. The Hall–Kier alpha value is -0.670. The van der Waals surface area contributed by atoms with Gasteiger partial charge in [-0.05, 0) is 35.8 Å². The first-order valence-corrected chi connectivity index (χ1v) is 7.53. The van der Waals surface area contributed by atoms with Gasteiger partial charge in [0, 0.05) is 18.2 Å². The van der Waals surface area contributed by atoms with Crippen molar-refractivity contribution in [1.82, 2.24) is 0 Å². The average Bonchev–Trinajstić information content (AvgIpc) is 2.81. The van der Waals surface area contributed by atoms with Crippen molar-refractivity contribution < 1.29 is 4.74 Å². The first kappa shape index (κ1) is 12.8. The van der Waals surface area contributed by atoms with Gasteiger partial charge in [-0.25, -0.2) is 0 Å². The molecule has 0 spiro atoms. The molecule has 1 atom stereocenters. The summed E-state index contributed by atoms with van der Waals surface area (Å²) >= 11 is 1.93. The van der Waals surface area contributed by atoms with Crippen LogP contribution in [-0.2, 0) is 12.8 Å². The van der Waals surface area contributed by atoms with E-state index in [2.05, 4.69) is 25.1 Å². The molecular formula is C14H21NOS. The summed E-state index contributed by atoms with van der Waals surface area (Å²) in [5.74, 6) is 3.30. The molecule has 1 aromatic carbocycles. The lowest BCUT2D eigenvalue weighted by Gasteiger charge is -2.11. The summed E-state index contributed by atoms with van der Waals surface area (Å²) in [6.45, 7) is 3.02. The molecule has 2 rings (SSSR count). The van der Waals surface area contributed by atoms with Crippen LogP contribution in [0.2, 0.25) is 0 Å². The van der Waals surface area contributed by atoms with E-state index >= 15 is 0 Å². The van der Waals surface area contributed by atoms with Crippen molar-refractivity contribution in [1.29, 1.82) is 0 Å². The van der Waals surface area contributed by atoms with Gasteiger partial charge in [-0.2, -0.15) is 11.8 Å². The van der Waals surface area contributed by atoms with Crippen LogP contribution in [-0.4, -0.2) is 24.2 Å². The summed E-state index contributed by atoms with van der Waals surface area (Å²) in [7, 11) is 0. The molecule has 0 aliphatic carbocycles. The second kappa shape index (κ2) is 6.31. The third kappa shape index (κ3) is 3.65. The monoisotopic (exact) mass is 251 g/mol. The predicted molar refractivity (Wildman–Crippen MR) is 74.9 cm³/mol. The number of hydrogen-bond donors (Lipinski definition) is 1. The number of benzene rings is 1. The van der Waals surface area contributed by atoms with Crippen LogP contribution in [0.5, 0.6) is 5.75 Å². The Kier molecular flexibility index (Phi) is 4.75. The van der Waals surface area contributed by atoms with Crippen LogP contribution in [0.3, 0.4) is 0 Å². The number of hydrogen-bond acceptors (Lipinski definition) is 3. The van der Waals surface area contributed by atoms with E-state index in [1.165, 1.54) is 11.1 Å². The van der Waals surface area contributed by atoms with Gasteiger partial charge in [-0.15, -0.1) is 0 Å². The Morgan fingerprint density at radius 2 is 2.35 bits per heavy atom. The minimum absolute atomic E-state index is 0.324. The van der Waals surface area contributed by atoms with Gasteiger partial charge in [0.05, 0.1) is 6.61 Å². The molecule has 0 radical (unpaired) electrons. The standard InChI is InChI=1S/C14H21NOS/c1-2-17-10-13(15)5-3-11-4-6-14-12(9-11)7-8-16-14/h4,6,9,13H,2-3,5,7-8,10,15H2,1H3. The molecule has 1 heterocycles. The summed E-state index contributed by atoms with van der Waals surface area (Å²) < 4.78 is 5.50. The zero-order valence-electron chi connectivity index (χ0n) is 10.4. The van der Waals surface area contributed by atoms with E-state index in [-0.39, 0.29) is 0 Å². The molecule has 0 saturated carbocycles. The predicted octanol–water partition coefficient (Wildman–Crippen LogP) is 2.63. The van der Waals surface area contributed by atoms with E-state index in [1.54, 1.807) is 0 Å². The van der Waals surface area contributed by atoms with Crippen LogP contribution < -0.4 is 10.5 Å². The highest BCUT2D eigenvalue weighted by Gasteiger charge is 2.12. The molecule has 1 aliphatic rings. The second-order valence-electron chi connectivity index (χ2n) is 4.50. The van der Waals surface area contributed by atoms with Gasteiger partial charge >= 0.3 is 0 Å². The van der Waals surface area contributed by atoms with Crippen molar-refractivity contribution in [3.63, 3.8) is 0 Å². The van der Waals surface area contributed by atoms with Gasteiger partial charge in [0.25, 0.3) is 0 Å². The molecule has 94 valence electrons. The average molecular weight is 251 g/mol.